The molecule has 25 heavy (non-hydrogen) atoms. The minimum absolute atomic E-state index is 0.0701. The van der Waals surface area contributed by atoms with Crippen LogP contribution in [0.15, 0.2) is 36.0 Å². The number of carbonyl (C=O) groups excluding carboxylic acids is 1. The summed E-state index contributed by atoms with van der Waals surface area (Å²) in [5, 5.41) is 5.08. The zero-order valence-corrected chi connectivity index (χ0v) is 15.2. The van der Waals surface area contributed by atoms with E-state index in [1.807, 2.05) is 0 Å². The average Bonchev–Trinajstić information content (AvgIpc) is 3.09. The van der Waals surface area contributed by atoms with Crippen LogP contribution in [0.1, 0.15) is 29.0 Å². The highest BCUT2D eigenvalue weighted by atomic mass is 35.5. The highest BCUT2D eigenvalue weighted by Gasteiger charge is 2.19. The number of nitrogens with one attached hydrogen (secondary N) is 1. The Kier molecular flexibility index (Phi) is 5.27. The van der Waals surface area contributed by atoms with E-state index >= 15 is 0 Å². The van der Waals surface area contributed by atoms with Crippen LogP contribution >= 0.6 is 34.5 Å². The number of aromatic nitrogens is 3. The summed E-state index contributed by atoms with van der Waals surface area (Å²) in [7, 11) is 0. The van der Waals surface area contributed by atoms with Crippen LogP contribution in [0.25, 0.3) is 10.8 Å². The summed E-state index contributed by atoms with van der Waals surface area (Å²) in [6, 6.07) is 3.69. The molecule has 0 aliphatic rings. The van der Waals surface area contributed by atoms with Crippen LogP contribution in [0.2, 0.25) is 10.0 Å². The van der Waals surface area contributed by atoms with Crippen molar-refractivity contribution in [3.8, 4) is 10.8 Å². The molecule has 3 aromatic rings. The summed E-state index contributed by atoms with van der Waals surface area (Å²) in [5.74, 6) is -0.556. The Balaban J connectivity index is 1.76. The predicted octanol–water partition coefficient (Wildman–Crippen LogP) is 4.54. The number of carbonyl (C=O) groups is 1. The van der Waals surface area contributed by atoms with Crippen molar-refractivity contribution in [2.45, 2.75) is 13.0 Å². The van der Waals surface area contributed by atoms with Gasteiger partial charge in [-0.1, -0.05) is 23.2 Å². The van der Waals surface area contributed by atoms with Crippen LogP contribution in [0, 0.1) is 5.82 Å². The topological polar surface area (TPSA) is 67.8 Å². The van der Waals surface area contributed by atoms with Gasteiger partial charge >= 0.3 is 0 Å². The summed E-state index contributed by atoms with van der Waals surface area (Å²) in [6.45, 7) is 1.69. The molecule has 2 aromatic heterocycles. The van der Waals surface area contributed by atoms with Crippen molar-refractivity contribution in [1.29, 1.82) is 0 Å². The molecule has 1 amide bonds. The molecule has 2 heterocycles. The highest BCUT2D eigenvalue weighted by molar-refractivity contribution is 7.13. The molecule has 1 atom stereocenters. The van der Waals surface area contributed by atoms with Gasteiger partial charge in [-0.3, -0.25) is 4.79 Å². The smallest absolute Gasteiger partial charge is 0.271 e. The van der Waals surface area contributed by atoms with Crippen molar-refractivity contribution in [3.63, 3.8) is 0 Å². The molecular weight excluding hydrogens is 386 g/mol. The first-order valence-corrected chi connectivity index (χ1v) is 8.77. The van der Waals surface area contributed by atoms with Gasteiger partial charge in [-0.15, -0.1) is 11.3 Å². The quantitative estimate of drug-likeness (QED) is 0.657. The van der Waals surface area contributed by atoms with Crippen LogP contribution in [-0.2, 0) is 0 Å². The zero-order valence-electron chi connectivity index (χ0n) is 12.8. The first kappa shape index (κ1) is 17.7. The Morgan fingerprint density at radius 1 is 1.24 bits per heavy atom. The Bertz CT molecular complexity index is 920. The number of nitrogens with zero attached hydrogens (tertiary/aromatic N) is 3. The molecule has 0 spiro atoms. The van der Waals surface area contributed by atoms with E-state index < -0.39 is 17.8 Å². The molecule has 9 heteroatoms. The first-order valence-electron chi connectivity index (χ1n) is 7.14. The van der Waals surface area contributed by atoms with Crippen LogP contribution in [0.5, 0.6) is 0 Å². The van der Waals surface area contributed by atoms with Crippen molar-refractivity contribution < 1.29 is 9.18 Å². The lowest BCUT2D eigenvalue weighted by molar-refractivity contribution is 0.0935. The summed E-state index contributed by atoms with van der Waals surface area (Å²) < 4.78 is 13.6. The minimum Gasteiger partial charge on any atom is -0.344 e. The number of hydrogen-bond donors (Lipinski definition) is 1. The molecule has 1 N–H and O–H groups in total. The summed E-state index contributed by atoms with van der Waals surface area (Å²) >= 11 is 13.0. The van der Waals surface area contributed by atoms with Crippen molar-refractivity contribution >= 4 is 40.4 Å². The fourth-order valence-corrected chi connectivity index (χ4v) is 3.40. The van der Waals surface area contributed by atoms with E-state index in [1.165, 1.54) is 23.5 Å². The molecule has 5 nitrogen and oxygen atoms in total. The van der Waals surface area contributed by atoms with Crippen molar-refractivity contribution in [2.75, 3.05) is 0 Å². The molecule has 3 rings (SSSR count). The number of thiazole rings is 1. The normalized spacial score (nSPS) is 12.0. The Labute approximate surface area is 156 Å². The molecule has 1 aromatic carbocycles. The van der Waals surface area contributed by atoms with Gasteiger partial charge < -0.3 is 5.32 Å². The van der Waals surface area contributed by atoms with Gasteiger partial charge in [0.05, 0.1) is 11.1 Å². The van der Waals surface area contributed by atoms with Crippen LogP contribution in [0.3, 0.4) is 0 Å². The SMILES string of the molecule is C[C@H](NC(=O)c1csc(-c2ncccn2)n1)c1cc(F)c(Cl)cc1Cl. The average molecular weight is 397 g/mol. The fourth-order valence-electron chi connectivity index (χ4n) is 2.11. The summed E-state index contributed by atoms with van der Waals surface area (Å²) in [4.78, 5) is 24.8. The number of benzene rings is 1. The Morgan fingerprint density at radius 3 is 2.68 bits per heavy atom. The third-order valence-corrected chi connectivity index (χ3v) is 4.80. The van der Waals surface area contributed by atoms with Gasteiger partial charge in [0.2, 0.25) is 0 Å². The van der Waals surface area contributed by atoms with Crippen molar-refractivity contribution in [2.24, 2.45) is 0 Å². The number of hydrogen-bond acceptors (Lipinski definition) is 5. The van der Waals surface area contributed by atoms with E-state index in [4.69, 9.17) is 23.2 Å². The van der Waals surface area contributed by atoms with Crippen LogP contribution < -0.4 is 5.32 Å². The van der Waals surface area contributed by atoms with Gasteiger partial charge in [-0.05, 0) is 30.7 Å². The minimum atomic E-state index is -0.598. The molecule has 0 aliphatic carbocycles. The molecule has 0 aliphatic heterocycles. The van der Waals surface area contributed by atoms with Gasteiger partial charge in [0.25, 0.3) is 5.91 Å². The van der Waals surface area contributed by atoms with E-state index in [9.17, 15) is 9.18 Å². The number of amides is 1. The van der Waals surface area contributed by atoms with E-state index in [0.717, 1.165) is 0 Å². The zero-order chi connectivity index (χ0) is 18.0. The second-order valence-electron chi connectivity index (χ2n) is 5.09. The van der Waals surface area contributed by atoms with E-state index in [1.54, 1.807) is 30.8 Å². The molecular formula is C16H11Cl2FN4OS. The number of halogens is 3. The summed E-state index contributed by atoms with van der Waals surface area (Å²) in [5.41, 5.74) is 0.656. The molecule has 0 radical (unpaired) electrons. The first-order chi connectivity index (χ1) is 12.0. The van der Waals surface area contributed by atoms with Gasteiger partial charge in [0.1, 0.15) is 11.5 Å². The van der Waals surface area contributed by atoms with Gasteiger partial charge in [0.15, 0.2) is 10.8 Å². The van der Waals surface area contributed by atoms with Gasteiger partial charge in [-0.2, -0.15) is 0 Å². The lowest BCUT2D eigenvalue weighted by atomic mass is 10.1. The van der Waals surface area contributed by atoms with E-state index in [2.05, 4.69) is 20.3 Å². The standard InChI is InChI=1S/C16H11Cl2FN4OS/c1-8(9-5-12(19)11(18)6-10(9)17)22-15(24)13-7-25-16(23-13)14-20-3-2-4-21-14/h2-8H,1H3,(H,22,24)/t8-/m0/s1. The maximum absolute atomic E-state index is 13.6. The third-order valence-electron chi connectivity index (χ3n) is 3.35. The molecule has 0 unspecified atom stereocenters. The van der Waals surface area contributed by atoms with E-state index in [0.29, 0.717) is 16.4 Å². The third kappa shape index (κ3) is 3.95. The molecule has 0 saturated heterocycles. The fraction of sp³-hybridized carbons (Fsp3) is 0.125. The maximum atomic E-state index is 13.6. The monoisotopic (exact) mass is 396 g/mol. The second kappa shape index (κ2) is 7.43. The maximum Gasteiger partial charge on any atom is 0.271 e. The lowest BCUT2D eigenvalue weighted by Crippen LogP contribution is -2.27. The Hall–Kier alpha value is -2.09. The van der Waals surface area contributed by atoms with Gasteiger partial charge in [0, 0.05) is 22.8 Å². The predicted molar refractivity (Wildman–Crippen MR) is 95.4 cm³/mol. The Morgan fingerprint density at radius 2 is 1.96 bits per heavy atom. The van der Waals surface area contributed by atoms with Gasteiger partial charge in [-0.25, -0.2) is 19.3 Å². The lowest BCUT2D eigenvalue weighted by Gasteiger charge is -2.15. The largest absolute Gasteiger partial charge is 0.344 e. The summed E-state index contributed by atoms with van der Waals surface area (Å²) in [6.07, 6.45) is 3.20. The van der Waals surface area contributed by atoms with E-state index in [-0.39, 0.29) is 15.7 Å². The van der Waals surface area contributed by atoms with Crippen molar-refractivity contribution in [1.82, 2.24) is 20.3 Å². The highest BCUT2D eigenvalue weighted by Crippen LogP contribution is 2.29. The molecule has 0 saturated carbocycles. The number of rotatable bonds is 4. The molecule has 0 bridgehead atoms. The molecule has 0 fully saturated rings. The second-order valence-corrected chi connectivity index (χ2v) is 6.77. The van der Waals surface area contributed by atoms with Crippen LogP contribution in [0.4, 0.5) is 4.39 Å². The van der Waals surface area contributed by atoms with Crippen LogP contribution in [-0.4, -0.2) is 20.9 Å². The molecule has 128 valence electrons. The van der Waals surface area contributed by atoms with Crippen molar-refractivity contribution in [3.05, 3.63) is 63.1 Å².